The van der Waals surface area contributed by atoms with Crippen LogP contribution >= 0.6 is 0 Å². The Labute approximate surface area is 105 Å². The van der Waals surface area contributed by atoms with E-state index in [0.29, 0.717) is 16.9 Å². The molecule has 0 aliphatic rings. The second-order valence-electron chi connectivity index (χ2n) is 5.05. The molecule has 0 saturated heterocycles. The lowest BCUT2D eigenvalue weighted by atomic mass is 10.0. The molecule has 0 atom stereocenters. The molecule has 0 radical (unpaired) electrons. The van der Waals surface area contributed by atoms with Crippen LogP contribution in [0.4, 0.5) is 0 Å². The molecule has 0 unspecified atom stereocenters. The fourth-order valence-electron chi connectivity index (χ4n) is 1.96. The van der Waals surface area contributed by atoms with Crippen LogP contribution in [0.1, 0.15) is 45.2 Å². The number of aromatic nitrogens is 1. The van der Waals surface area contributed by atoms with Crippen LogP contribution in [-0.2, 0) is 0 Å². The molecular formula is C14H17NO3. The van der Waals surface area contributed by atoms with Gasteiger partial charge in [0.05, 0.1) is 5.39 Å². The first-order valence-corrected chi connectivity index (χ1v) is 6.11. The van der Waals surface area contributed by atoms with Crippen LogP contribution in [0.5, 0.6) is 0 Å². The Kier molecular flexibility index (Phi) is 3.11. The predicted molar refractivity (Wildman–Crippen MR) is 71.2 cm³/mol. The molecule has 0 bridgehead atoms. The van der Waals surface area contributed by atoms with Crippen molar-refractivity contribution in [2.24, 2.45) is 0 Å². The normalized spacial score (nSPS) is 11.7. The average molecular weight is 247 g/mol. The van der Waals surface area contributed by atoms with Crippen molar-refractivity contribution in [3.05, 3.63) is 44.7 Å². The Hall–Kier alpha value is -1.84. The van der Waals surface area contributed by atoms with Crippen molar-refractivity contribution in [2.45, 2.75) is 39.7 Å². The molecule has 1 aromatic heterocycles. The Balaban J connectivity index is 2.86. The first-order valence-electron chi connectivity index (χ1n) is 6.11. The van der Waals surface area contributed by atoms with Crippen molar-refractivity contribution in [1.82, 2.24) is 4.57 Å². The molecule has 1 aromatic carbocycles. The van der Waals surface area contributed by atoms with E-state index in [-0.39, 0.29) is 11.6 Å². The average Bonchev–Trinajstić information content (AvgIpc) is 2.27. The zero-order valence-electron chi connectivity index (χ0n) is 11.1. The summed E-state index contributed by atoms with van der Waals surface area (Å²) in [5.41, 5.74) is 1.13. The van der Waals surface area contributed by atoms with Gasteiger partial charge in [-0.25, -0.2) is 9.36 Å². The molecule has 18 heavy (non-hydrogen) atoms. The van der Waals surface area contributed by atoms with Crippen LogP contribution < -0.4 is 11.3 Å². The van der Waals surface area contributed by atoms with E-state index in [1.807, 2.05) is 12.1 Å². The summed E-state index contributed by atoms with van der Waals surface area (Å²) in [6.07, 6.45) is 0. The molecule has 0 saturated carbocycles. The van der Waals surface area contributed by atoms with Crippen LogP contribution in [0.2, 0.25) is 0 Å². The van der Waals surface area contributed by atoms with Crippen LogP contribution in [0.25, 0.3) is 11.0 Å². The zero-order chi connectivity index (χ0) is 13.4. The van der Waals surface area contributed by atoms with Gasteiger partial charge >= 0.3 is 5.76 Å². The molecule has 4 nitrogen and oxygen atoms in total. The fraction of sp³-hybridized carbons (Fsp3) is 0.429. The van der Waals surface area contributed by atoms with Gasteiger partial charge in [0.25, 0.3) is 5.56 Å². The minimum Gasteiger partial charge on any atom is -0.409 e. The van der Waals surface area contributed by atoms with Crippen LogP contribution in [-0.4, -0.2) is 4.57 Å². The maximum Gasteiger partial charge on any atom is 0.422 e. The number of benzene rings is 1. The molecular weight excluding hydrogens is 230 g/mol. The third-order valence-corrected chi connectivity index (χ3v) is 3.03. The molecule has 2 aromatic rings. The van der Waals surface area contributed by atoms with E-state index in [1.54, 1.807) is 19.9 Å². The van der Waals surface area contributed by atoms with E-state index in [9.17, 15) is 9.59 Å². The smallest absolute Gasteiger partial charge is 0.409 e. The SMILES string of the molecule is CC(C)c1ccc2oc(=O)n(C(C)C)c(=O)c2c1. The third kappa shape index (κ3) is 1.98. The van der Waals surface area contributed by atoms with Crippen molar-refractivity contribution in [1.29, 1.82) is 0 Å². The number of fused-ring (bicyclic) bond motifs is 1. The summed E-state index contributed by atoms with van der Waals surface area (Å²) in [5, 5.41) is 0.467. The minimum atomic E-state index is -0.597. The van der Waals surface area contributed by atoms with Gasteiger partial charge in [0, 0.05) is 6.04 Å². The summed E-state index contributed by atoms with van der Waals surface area (Å²) in [6, 6.07) is 5.18. The number of hydrogen-bond acceptors (Lipinski definition) is 3. The summed E-state index contributed by atoms with van der Waals surface area (Å²) in [7, 11) is 0. The lowest BCUT2D eigenvalue weighted by Crippen LogP contribution is -2.33. The van der Waals surface area contributed by atoms with Gasteiger partial charge in [-0.15, -0.1) is 0 Å². The van der Waals surface area contributed by atoms with Gasteiger partial charge in [-0.05, 0) is 37.5 Å². The summed E-state index contributed by atoms with van der Waals surface area (Å²) in [6.45, 7) is 7.69. The zero-order valence-corrected chi connectivity index (χ0v) is 11.1. The van der Waals surface area contributed by atoms with Crippen molar-refractivity contribution < 1.29 is 4.42 Å². The largest absolute Gasteiger partial charge is 0.422 e. The number of hydrogen-bond donors (Lipinski definition) is 0. The Morgan fingerprint density at radius 2 is 1.78 bits per heavy atom. The van der Waals surface area contributed by atoms with Crippen molar-refractivity contribution >= 4 is 11.0 Å². The van der Waals surface area contributed by atoms with Gasteiger partial charge in [-0.2, -0.15) is 0 Å². The molecule has 2 rings (SSSR count). The van der Waals surface area contributed by atoms with E-state index in [4.69, 9.17) is 4.42 Å². The highest BCUT2D eigenvalue weighted by molar-refractivity contribution is 5.76. The van der Waals surface area contributed by atoms with Crippen LogP contribution in [0.15, 0.2) is 32.2 Å². The Morgan fingerprint density at radius 3 is 2.33 bits per heavy atom. The van der Waals surface area contributed by atoms with E-state index < -0.39 is 5.76 Å². The minimum absolute atomic E-state index is 0.208. The standard InChI is InChI=1S/C14H17NO3/c1-8(2)10-5-6-12-11(7-10)13(16)15(9(3)4)14(17)18-12/h5-9H,1-4H3. The molecule has 0 aliphatic heterocycles. The molecule has 0 N–H and O–H groups in total. The van der Waals surface area contributed by atoms with Crippen LogP contribution in [0.3, 0.4) is 0 Å². The highest BCUT2D eigenvalue weighted by Gasteiger charge is 2.13. The lowest BCUT2D eigenvalue weighted by molar-refractivity contribution is 0.426. The van der Waals surface area contributed by atoms with E-state index in [1.165, 1.54) is 0 Å². The third-order valence-electron chi connectivity index (χ3n) is 3.03. The summed E-state index contributed by atoms with van der Waals surface area (Å²) < 4.78 is 6.32. The molecule has 4 heteroatoms. The Bertz CT molecular complexity index is 692. The highest BCUT2D eigenvalue weighted by atomic mass is 16.4. The number of rotatable bonds is 2. The van der Waals surface area contributed by atoms with Gasteiger partial charge in [0.2, 0.25) is 0 Å². The monoisotopic (exact) mass is 247 g/mol. The first-order chi connectivity index (χ1) is 8.41. The Morgan fingerprint density at radius 1 is 1.11 bits per heavy atom. The summed E-state index contributed by atoms with van der Waals surface area (Å²) in [4.78, 5) is 24.0. The quantitative estimate of drug-likeness (QED) is 0.819. The fourth-order valence-corrected chi connectivity index (χ4v) is 1.96. The van der Waals surface area contributed by atoms with Crippen molar-refractivity contribution in [3.63, 3.8) is 0 Å². The van der Waals surface area contributed by atoms with Gasteiger partial charge in [0.15, 0.2) is 0 Å². The molecule has 96 valence electrons. The van der Waals surface area contributed by atoms with Gasteiger partial charge in [-0.3, -0.25) is 4.79 Å². The second-order valence-corrected chi connectivity index (χ2v) is 5.05. The second kappa shape index (κ2) is 4.44. The molecule has 1 heterocycles. The topological polar surface area (TPSA) is 52.2 Å². The van der Waals surface area contributed by atoms with Gasteiger partial charge in [0.1, 0.15) is 5.58 Å². The lowest BCUT2D eigenvalue weighted by Gasteiger charge is -2.10. The van der Waals surface area contributed by atoms with E-state index >= 15 is 0 Å². The molecule has 0 spiro atoms. The van der Waals surface area contributed by atoms with Gasteiger partial charge in [-0.1, -0.05) is 19.9 Å². The van der Waals surface area contributed by atoms with Crippen molar-refractivity contribution in [3.8, 4) is 0 Å². The molecule has 0 aliphatic carbocycles. The predicted octanol–water partition coefficient (Wildman–Crippen LogP) is 2.66. The summed E-state index contributed by atoms with van der Waals surface area (Å²) >= 11 is 0. The maximum absolute atomic E-state index is 12.3. The van der Waals surface area contributed by atoms with Crippen molar-refractivity contribution in [2.75, 3.05) is 0 Å². The van der Waals surface area contributed by atoms with Crippen LogP contribution in [0, 0.1) is 0 Å². The highest BCUT2D eigenvalue weighted by Crippen LogP contribution is 2.18. The molecule has 0 amide bonds. The first kappa shape index (κ1) is 12.6. The summed E-state index contributed by atoms with van der Waals surface area (Å²) in [5.74, 6) is -0.270. The maximum atomic E-state index is 12.3. The van der Waals surface area contributed by atoms with Gasteiger partial charge < -0.3 is 4.42 Å². The molecule has 0 fully saturated rings. The van der Waals surface area contributed by atoms with E-state index in [0.717, 1.165) is 10.1 Å². The van der Waals surface area contributed by atoms with E-state index in [2.05, 4.69) is 13.8 Å². The number of nitrogens with zero attached hydrogens (tertiary/aromatic N) is 1.